The summed E-state index contributed by atoms with van der Waals surface area (Å²) in [7, 11) is 3.18. The van der Waals surface area contributed by atoms with Gasteiger partial charge in [0.05, 0.1) is 19.1 Å². The Morgan fingerprint density at radius 3 is 2.70 bits per heavy atom. The molecule has 0 bridgehead atoms. The number of carbonyl (C=O) groups is 1. The lowest BCUT2D eigenvalue weighted by Gasteiger charge is -2.06. The second kappa shape index (κ2) is 8.00. The van der Waals surface area contributed by atoms with Crippen molar-refractivity contribution in [3.63, 3.8) is 0 Å². The average Bonchev–Trinajstić information content (AvgIpc) is 3.15. The number of rotatable bonds is 5. The highest BCUT2D eigenvalue weighted by molar-refractivity contribution is 6.30. The van der Waals surface area contributed by atoms with Gasteiger partial charge in [-0.1, -0.05) is 23.7 Å². The molecule has 1 N–H and O–H groups in total. The summed E-state index contributed by atoms with van der Waals surface area (Å²) in [5.74, 6) is 0.265. The van der Waals surface area contributed by atoms with Crippen molar-refractivity contribution in [2.45, 2.75) is 6.54 Å². The number of aromatic nitrogens is 4. The third kappa shape index (κ3) is 3.65. The predicted molar refractivity (Wildman–Crippen MR) is 113 cm³/mol. The first-order valence-electron chi connectivity index (χ1n) is 9.09. The van der Waals surface area contributed by atoms with Gasteiger partial charge in [-0.2, -0.15) is 5.10 Å². The van der Waals surface area contributed by atoms with E-state index in [1.807, 2.05) is 24.3 Å². The molecule has 0 saturated carbocycles. The molecular formula is C21H18ClN5O3. The van der Waals surface area contributed by atoms with Crippen LogP contribution in [0.3, 0.4) is 0 Å². The summed E-state index contributed by atoms with van der Waals surface area (Å²) in [5, 5.41) is 7.78. The fraction of sp³-hybridized carbons (Fsp3) is 0.143. The minimum Gasteiger partial charge on any atom is -0.497 e. The summed E-state index contributed by atoms with van der Waals surface area (Å²) in [5.41, 5.74) is 1.68. The van der Waals surface area contributed by atoms with Crippen molar-refractivity contribution in [2.24, 2.45) is 7.05 Å². The second-order valence-electron chi connectivity index (χ2n) is 6.63. The molecule has 0 radical (unpaired) electrons. The normalized spacial score (nSPS) is 10.9. The molecule has 1 amide bonds. The summed E-state index contributed by atoms with van der Waals surface area (Å²) < 4.78 is 7.96. The molecule has 0 saturated heterocycles. The minimum atomic E-state index is -0.434. The lowest BCUT2D eigenvalue weighted by molar-refractivity contribution is 0.0947. The Morgan fingerprint density at radius 2 is 1.97 bits per heavy atom. The van der Waals surface area contributed by atoms with E-state index < -0.39 is 5.91 Å². The van der Waals surface area contributed by atoms with E-state index >= 15 is 0 Å². The molecule has 2 heterocycles. The largest absolute Gasteiger partial charge is 0.497 e. The highest BCUT2D eigenvalue weighted by Crippen LogP contribution is 2.20. The van der Waals surface area contributed by atoms with Crippen LogP contribution in [0.4, 0.5) is 0 Å². The Labute approximate surface area is 176 Å². The molecule has 0 atom stereocenters. The number of amides is 1. The molecule has 0 unspecified atom stereocenters. The van der Waals surface area contributed by atoms with Gasteiger partial charge in [0.1, 0.15) is 11.3 Å². The first kappa shape index (κ1) is 19.7. The Bertz CT molecular complexity index is 1290. The number of aryl methyl sites for hydroxylation is 1. The van der Waals surface area contributed by atoms with Gasteiger partial charge in [0.2, 0.25) is 0 Å². The van der Waals surface area contributed by atoms with Crippen molar-refractivity contribution in [3.8, 4) is 11.4 Å². The molecule has 0 fully saturated rings. The molecule has 0 aliphatic carbocycles. The summed E-state index contributed by atoms with van der Waals surface area (Å²) in [6.07, 6.45) is 1.37. The van der Waals surface area contributed by atoms with E-state index in [9.17, 15) is 9.59 Å². The SMILES string of the molecule is COc1cccc(CNC(=O)c2nn(-c3ccc(Cl)cc3)c3c(=O)n(C)cnc23)c1. The number of fused-ring (bicyclic) bond motifs is 1. The fourth-order valence-electron chi connectivity index (χ4n) is 3.06. The summed E-state index contributed by atoms with van der Waals surface area (Å²) >= 11 is 5.97. The number of hydrogen-bond acceptors (Lipinski definition) is 5. The van der Waals surface area contributed by atoms with Crippen molar-refractivity contribution in [1.82, 2.24) is 24.6 Å². The minimum absolute atomic E-state index is 0.0700. The Hall–Kier alpha value is -3.65. The van der Waals surface area contributed by atoms with E-state index in [1.54, 1.807) is 38.4 Å². The van der Waals surface area contributed by atoms with Crippen LogP contribution in [-0.2, 0) is 13.6 Å². The molecule has 4 aromatic rings. The van der Waals surface area contributed by atoms with Crippen LogP contribution in [0.25, 0.3) is 16.7 Å². The van der Waals surface area contributed by atoms with E-state index in [0.29, 0.717) is 16.5 Å². The zero-order chi connectivity index (χ0) is 21.3. The van der Waals surface area contributed by atoms with Gasteiger partial charge in [-0.15, -0.1) is 0 Å². The number of hydrogen-bond donors (Lipinski definition) is 1. The quantitative estimate of drug-likeness (QED) is 0.533. The number of ether oxygens (including phenoxy) is 1. The molecular weight excluding hydrogens is 406 g/mol. The lowest BCUT2D eigenvalue weighted by atomic mass is 10.2. The number of halogens is 1. The van der Waals surface area contributed by atoms with E-state index in [4.69, 9.17) is 16.3 Å². The van der Waals surface area contributed by atoms with Crippen molar-refractivity contribution in [3.05, 3.63) is 81.5 Å². The van der Waals surface area contributed by atoms with E-state index in [1.165, 1.54) is 15.6 Å². The van der Waals surface area contributed by atoms with Crippen LogP contribution in [0, 0.1) is 0 Å². The van der Waals surface area contributed by atoms with Gasteiger partial charge in [-0.05, 0) is 42.0 Å². The molecule has 8 nitrogen and oxygen atoms in total. The highest BCUT2D eigenvalue weighted by atomic mass is 35.5. The average molecular weight is 424 g/mol. The predicted octanol–water partition coefficient (Wildman–Crippen LogP) is 2.71. The van der Waals surface area contributed by atoms with Crippen LogP contribution >= 0.6 is 11.6 Å². The molecule has 2 aromatic carbocycles. The van der Waals surface area contributed by atoms with Crippen LogP contribution in [0.5, 0.6) is 5.75 Å². The molecule has 9 heteroatoms. The van der Waals surface area contributed by atoms with Gasteiger partial charge < -0.3 is 14.6 Å². The van der Waals surface area contributed by atoms with Crippen LogP contribution in [0.15, 0.2) is 59.7 Å². The second-order valence-corrected chi connectivity index (χ2v) is 7.07. The van der Waals surface area contributed by atoms with Crippen molar-refractivity contribution in [2.75, 3.05) is 7.11 Å². The molecule has 0 aliphatic heterocycles. The number of nitrogens with zero attached hydrogens (tertiary/aromatic N) is 4. The first-order valence-corrected chi connectivity index (χ1v) is 9.47. The number of carbonyl (C=O) groups excluding carboxylic acids is 1. The Kier molecular flexibility index (Phi) is 5.24. The molecule has 4 rings (SSSR count). The van der Waals surface area contributed by atoms with Crippen molar-refractivity contribution in [1.29, 1.82) is 0 Å². The molecule has 2 aromatic heterocycles. The van der Waals surface area contributed by atoms with E-state index in [0.717, 1.165) is 5.56 Å². The molecule has 0 spiro atoms. The van der Waals surface area contributed by atoms with Crippen LogP contribution in [0.1, 0.15) is 16.1 Å². The van der Waals surface area contributed by atoms with Gasteiger partial charge in [0, 0.05) is 18.6 Å². The van der Waals surface area contributed by atoms with Gasteiger partial charge in [0.25, 0.3) is 11.5 Å². The summed E-state index contributed by atoms with van der Waals surface area (Å²) in [4.78, 5) is 29.9. The monoisotopic (exact) mass is 423 g/mol. The van der Waals surface area contributed by atoms with Gasteiger partial charge >= 0.3 is 0 Å². The Morgan fingerprint density at radius 1 is 1.20 bits per heavy atom. The zero-order valence-electron chi connectivity index (χ0n) is 16.3. The topological polar surface area (TPSA) is 91.0 Å². The van der Waals surface area contributed by atoms with Crippen LogP contribution in [-0.4, -0.2) is 32.3 Å². The smallest absolute Gasteiger partial charge is 0.279 e. The van der Waals surface area contributed by atoms with Gasteiger partial charge in [-0.25, -0.2) is 9.67 Å². The zero-order valence-corrected chi connectivity index (χ0v) is 17.1. The third-order valence-corrected chi connectivity index (χ3v) is 4.87. The van der Waals surface area contributed by atoms with Crippen LogP contribution < -0.4 is 15.6 Å². The maximum absolute atomic E-state index is 12.9. The van der Waals surface area contributed by atoms with Gasteiger partial charge in [0.15, 0.2) is 11.2 Å². The van der Waals surface area contributed by atoms with Crippen molar-refractivity contribution >= 4 is 28.5 Å². The molecule has 30 heavy (non-hydrogen) atoms. The first-order chi connectivity index (χ1) is 14.5. The third-order valence-electron chi connectivity index (χ3n) is 4.62. The van der Waals surface area contributed by atoms with E-state index in [-0.39, 0.29) is 28.8 Å². The summed E-state index contributed by atoms with van der Waals surface area (Å²) in [6, 6.07) is 14.2. The van der Waals surface area contributed by atoms with Gasteiger partial charge in [-0.3, -0.25) is 9.59 Å². The standard InChI is InChI=1S/C21H18ClN5O3/c1-26-12-24-17-18(20(28)23-11-13-4-3-5-16(10-13)30-2)25-27(19(17)21(26)29)15-8-6-14(22)7-9-15/h3-10,12H,11H2,1-2H3,(H,23,28). The molecule has 0 aliphatic rings. The molecule has 152 valence electrons. The maximum Gasteiger partial charge on any atom is 0.279 e. The number of nitrogens with one attached hydrogen (secondary N) is 1. The van der Waals surface area contributed by atoms with Crippen LogP contribution in [0.2, 0.25) is 5.02 Å². The highest BCUT2D eigenvalue weighted by Gasteiger charge is 2.22. The lowest BCUT2D eigenvalue weighted by Crippen LogP contribution is -2.24. The summed E-state index contributed by atoms with van der Waals surface area (Å²) in [6.45, 7) is 0.274. The number of benzene rings is 2. The maximum atomic E-state index is 12.9. The fourth-order valence-corrected chi connectivity index (χ4v) is 3.18. The van der Waals surface area contributed by atoms with Crippen molar-refractivity contribution < 1.29 is 9.53 Å². The number of methoxy groups -OCH3 is 1. The van der Waals surface area contributed by atoms with E-state index in [2.05, 4.69) is 15.4 Å². The Balaban J connectivity index is 1.73.